The SMILES string of the molecule is COCCNS(=O)(=O)c1c(Cl)ccc(NC(=O)Nc2cccc(Cl)c2Cl)c1O.[H-].[Na+]. The van der Waals surface area contributed by atoms with Crippen molar-refractivity contribution in [3.63, 3.8) is 0 Å². The van der Waals surface area contributed by atoms with Crippen LogP contribution in [0.2, 0.25) is 15.1 Å². The second-order valence-corrected chi connectivity index (χ2v) is 8.24. The number of benzene rings is 2. The summed E-state index contributed by atoms with van der Waals surface area (Å²) in [5, 5.41) is 15.3. The zero-order valence-electron chi connectivity index (χ0n) is 16.4. The average molecular weight is 493 g/mol. The number of amides is 2. The third kappa shape index (κ3) is 6.88. The standard InChI is InChI=1S/C16H16Cl3N3O5S.Na.H/c1-27-8-7-20-28(25,26)15-10(18)5-6-12(14(15)23)22-16(24)21-11-4-2-3-9(17)13(11)19;;/h2-6,20,23H,7-8H2,1H3,(H2,21,22,24);;/q;+1;-1. The van der Waals surface area contributed by atoms with Gasteiger partial charge in [-0.15, -0.1) is 0 Å². The Bertz CT molecular complexity index is 998. The van der Waals surface area contributed by atoms with Gasteiger partial charge in [0.2, 0.25) is 10.0 Å². The van der Waals surface area contributed by atoms with Crippen molar-refractivity contribution in [3.05, 3.63) is 45.4 Å². The van der Waals surface area contributed by atoms with Crippen molar-refractivity contribution in [2.75, 3.05) is 30.9 Å². The van der Waals surface area contributed by atoms with Crippen LogP contribution in [-0.2, 0) is 14.8 Å². The van der Waals surface area contributed by atoms with Gasteiger partial charge in [0.25, 0.3) is 0 Å². The fourth-order valence-electron chi connectivity index (χ4n) is 2.13. The van der Waals surface area contributed by atoms with Crippen LogP contribution in [0.15, 0.2) is 35.2 Å². The largest absolute Gasteiger partial charge is 1.00 e. The van der Waals surface area contributed by atoms with Gasteiger partial charge in [0.15, 0.2) is 5.75 Å². The maximum Gasteiger partial charge on any atom is 1.00 e. The molecule has 0 saturated carbocycles. The molecule has 0 atom stereocenters. The van der Waals surface area contributed by atoms with Gasteiger partial charge in [-0.1, -0.05) is 40.9 Å². The van der Waals surface area contributed by atoms with Gasteiger partial charge in [0, 0.05) is 13.7 Å². The second kappa shape index (κ2) is 11.6. The second-order valence-electron chi connectivity index (χ2n) is 5.34. The van der Waals surface area contributed by atoms with Gasteiger partial charge in [-0.3, -0.25) is 0 Å². The van der Waals surface area contributed by atoms with E-state index in [9.17, 15) is 18.3 Å². The van der Waals surface area contributed by atoms with Crippen LogP contribution >= 0.6 is 34.8 Å². The first kappa shape index (κ1) is 26.3. The molecule has 0 fully saturated rings. The Morgan fingerprint density at radius 1 is 1.10 bits per heavy atom. The van der Waals surface area contributed by atoms with E-state index in [1.54, 1.807) is 12.1 Å². The number of rotatable bonds is 7. The van der Waals surface area contributed by atoms with Crippen LogP contribution in [0.5, 0.6) is 5.75 Å². The van der Waals surface area contributed by atoms with Gasteiger partial charge in [-0.2, -0.15) is 0 Å². The molecule has 4 N–H and O–H groups in total. The predicted molar refractivity (Wildman–Crippen MR) is 110 cm³/mol. The summed E-state index contributed by atoms with van der Waals surface area (Å²) >= 11 is 17.8. The normalized spacial score (nSPS) is 10.9. The minimum absolute atomic E-state index is 0. The summed E-state index contributed by atoms with van der Waals surface area (Å²) in [7, 11) is -2.73. The number of urea groups is 1. The molecule has 2 aromatic carbocycles. The van der Waals surface area contributed by atoms with E-state index < -0.39 is 26.7 Å². The third-order valence-corrected chi connectivity index (χ3v) is 6.18. The van der Waals surface area contributed by atoms with E-state index in [0.717, 1.165) is 0 Å². The maximum atomic E-state index is 12.4. The summed E-state index contributed by atoms with van der Waals surface area (Å²) in [6.45, 7) is 0.0956. The molecule has 0 aromatic heterocycles. The summed E-state index contributed by atoms with van der Waals surface area (Å²) in [5.41, 5.74) is 0.0568. The molecule has 29 heavy (non-hydrogen) atoms. The minimum atomic E-state index is -4.15. The van der Waals surface area contributed by atoms with Crippen molar-refractivity contribution in [1.29, 1.82) is 0 Å². The monoisotopic (exact) mass is 491 g/mol. The quantitative estimate of drug-likeness (QED) is 0.262. The Morgan fingerprint density at radius 2 is 1.76 bits per heavy atom. The molecule has 0 saturated heterocycles. The van der Waals surface area contributed by atoms with E-state index in [1.165, 1.54) is 25.3 Å². The molecule has 2 rings (SSSR count). The Labute approximate surface area is 206 Å². The molecule has 0 aliphatic rings. The smallest absolute Gasteiger partial charge is 1.00 e. The molecule has 2 amide bonds. The number of methoxy groups -OCH3 is 1. The van der Waals surface area contributed by atoms with Crippen molar-refractivity contribution in [3.8, 4) is 5.75 Å². The molecule has 2 aromatic rings. The number of sulfonamides is 1. The van der Waals surface area contributed by atoms with E-state index in [4.69, 9.17) is 39.5 Å². The number of carbonyl (C=O) groups excluding carboxylic acids is 1. The molecule has 0 unspecified atom stereocenters. The molecule has 154 valence electrons. The zero-order chi connectivity index (χ0) is 20.9. The van der Waals surface area contributed by atoms with Crippen molar-refractivity contribution >= 4 is 62.2 Å². The topological polar surface area (TPSA) is 117 Å². The van der Waals surface area contributed by atoms with Gasteiger partial charge >= 0.3 is 35.6 Å². The van der Waals surface area contributed by atoms with Crippen LogP contribution in [0.3, 0.4) is 0 Å². The Morgan fingerprint density at radius 3 is 2.41 bits per heavy atom. The molecule has 0 radical (unpaired) electrons. The van der Waals surface area contributed by atoms with Gasteiger partial charge < -0.3 is 21.9 Å². The predicted octanol–water partition coefficient (Wildman–Crippen LogP) is 1.04. The van der Waals surface area contributed by atoms with Crippen LogP contribution in [-0.4, -0.2) is 39.8 Å². The number of phenolic OH excluding ortho intramolecular Hbond substituents is 1. The Balaban J connectivity index is 0.00000420. The van der Waals surface area contributed by atoms with Crippen molar-refractivity contribution < 1.29 is 54.0 Å². The van der Waals surface area contributed by atoms with Crippen LogP contribution in [0, 0.1) is 0 Å². The number of hydrogen-bond donors (Lipinski definition) is 4. The number of carbonyl (C=O) groups is 1. The van der Waals surface area contributed by atoms with Gasteiger partial charge in [0.1, 0.15) is 4.90 Å². The number of halogens is 3. The van der Waals surface area contributed by atoms with Gasteiger partial charge in [-0.05, 0) is 24.3 Å². The number of hydrogen-bond acceptors (Lipinski definition) is 5. The van der Waals surface area contributed by atoms with E-state index >= 15 is 0 Å². The van der Waals surface area contributed by atoms with Gasteiger partial charge in [0.05, 0.1) is 33.0 Å². The summed E-state index contributed by atoms with van der Waals surface area (Å²) in [6, 6.07) is 6.35. The molecular formula is C16H17Cl3N3NaO5S. The summed E-state index contributed by atoms with van der Waals surface area (Å²) in [5.74, 6) is -0.718. The van der Waals surface area contributed by atoms with Crippen molar-refractivity contribution in [1.82, 2.24) is 4.72 Å². The van der Waals surface area contributed by atoms with Crippen molar-refractivity contribution in [2.45, 2.75) is 4.90 Å². The number of anilines is 2. The fourth-order valence-corrected chi connectivity index (χ4v) is 4.12. The zero-order valence-corrected chi connectivity index (χ0v) is 20.5. The average Bonchev–Trinajstić information content (AvgIpc) is 2.61. The minimum Gasteiger partial charge on any atom is -1.00 e. The van der Waals surface area contributed by atoms with E-state index in [0.29, 0.717) is 0 Å². The number of phenols is 1. The first-order chi connectivity index (χ1) is 13.2. The molecule has 0 aliphatic carbocycles. The van der Waals surface area contributed by atoms with E-state index in [-0.39, 0.29) is 70.6 Å². The summed E-state index contributed by atoms with van der Waals surface area (Å²) < 4.78 is 31.8. The molecule has 0 bridgehead atoms. The molecule has 0 heterocycles. The van der Waals surface area contributed by atoms with Crippen LogP contribution < -0.4 is 44.9 Å². The summed E-state index contributed by atoms with van der Waals surface area (Å²) in [4.78, 5) is 11.6. The van der Waals surface area contributed by atoms with Crippen LogP contribution in [0.4, 0.5) is 16.2 Å². The molecular weight excluding hydrogens is 476 g/mol. The molecule has 0 spiro atoms. The molecule has 13 heteroatoms. The maximum absolute atomic E-state index is 12.4. The van der Waals surface area contributed by atoms with Crippen LogP contribution in [0.25, 0.3) is 0 Å². The number of nitrogens with one attached hydrogen (secondary N) is 3. The van der Waals surface area contributed by atoms with Gasteiger partial charge in [-0.25, -0.2) is 17.9 Å². The fraction of sp³-hybridized carbons (Fsp3) is 0.188. The molecule has 8 nitrogen and oxygen atoms in total. The summed E-state index contributed by atoms with van der Waals surface area (Å²) in [6.07, 6.45) is 0. The van der Waals surface area contributed by atoms with Crippen molar-refractivity contribution in [2.24, 2.45) is 0 Å². The number of aromatic hydroxyl groups is 1. The first-order valence-corrected chi connectivity index (χ1v) is 10.3. The number of ether oxygens (including phenoxy) is 1. The van der Waals surface area contributed by atoms with Crippen LogP contribution in [0.1, 0.15) is 1.43 Å². The Kier molecular flexibility index (Phi) is 10.5. The Hall–Kier alpha value is -0.750. The van der Waals surface area contributed by atoms with E-state index in [2.05, 4.69) is 15.4 Å². The first-order valence-electron chi connectivity index (χ1n) is 7.69. The van der Waals surface area contributed by atoms with E-state index in [1.807, 2.05) is 0 Å². The molecule has 0 aliphatic heterocycles. The third-order valence-electron chi connectivity index (χ3n) is 3.40.